The molecule has 4 nitrogen and oxygen atoms in total. The predicted molar refractivity (Wildman–Crippen MR) is 105 cm³/mol. The minimum absolute atomic E-state index is 0.275. The van der Waals surface area contributed by atoms with Crippen LogP contribution in [0.3, 0.4) is 0 Å². The molecule has 0 saturated heterocycles. The van der Waals surface area contributed by atoms with E-state index in [4.69, 9.17) is 4.74 Å². The molecule has 0 bridgehead atoms. The lowest BCUT2D eigenvalue weighted by atomic mass is 9.98. The summed E-state index contributed by atoms with van der Waals surface area (Å²) in [6.45, 7) is 7.65. The summed E-state index contributed by atoms with van der Waals surface area (Å²) in [7, 11) is 0. The van der Waals surface area contributed by atoms with E-state index in [0.717, 1.165) is 22.4 Å². The van der Waals surface area contributed by atoms with Gasteiger partial charge >= 0.3 is 5.97 Å². The Labute approximate surface area is 154 Å². The van der Waals surface area contributed by atoms with Crippen LogP contribution in [0, 0.1) is 6.92 Å². The molecule has 1 amide bonds. The van der Waals surface area contributed by atoms with Crippen molar-refractivity contribution in [1.29, 1.82) is 0 Å². The van der Waals surface area contributed by atoms with Crippen LogP contribution in [0.25, 0.3) is 6.08 Å². The number of ether oxygens (including phenoxy) is 1. The van der Waals surface area contributed by atoms with Crippen molar-refractivity contribution in [3.63, 3.8) is 0 Å². The Morgan fingerprint density at radius 1 is 1.00 bits per heavy atom. The van der Waals surface area contributed by atoms with Gasteiger partial charge in [0.1, 0.15) is 0 Å². The number of amides is 1. The highest BCUT2D eigenvalue weighted by Crippen LogP contribution is 2.27. The second kappa shape index (κ2) is 8.99. The molecule has 0 unspecified atom stereocenters. The number of benzene rings is 2. The number of carbonyl (C=O) groups is 2. The van der Waals surface area contributed by atoms with Gasteiger partial charge in [-0.3, -0.25) is 4.79 Å². The van der Waals surface area contributed by atoms with Crippen molar-refractivity contribution >= 4 is 23.6 Å². The van der Waals surface area contributed by atoms with Gasteiger partial charge in [0, 0.05) is 11.8 Å². The molecule has 0 aliphatic rings. The molecule has 0 radical (unpaired) electrons. The quantitative estimate of drug-likeness (QED) is 0.606. The van der Waals surface area contributed by atoms with Crippen LogP contribution in [-0.4, -0.2) is 18.0 Å². The highest BCUT2D eigenvalue weighted by atomic mass is 16.5. The first kappa shape index (κ1) is 19.4. The van der Waals surface area contributed by atoms with E-state index in [1.165, 1.54) is 6.08 Å². The summed E-state index contributed by atoms with van der Waals surface area (Å²) in [5, 5.41) is 2.90. The molecule has 0 spiro atoms. The van der Waals surface area contributed by atoms with Gasteiger partial charge in [-0.05, 0) is 42.5 Å². The molecule has 2 rings (SSSR count). The van der Waals surface area contributed by atoms with Crippen molar-refractivity contribution in [1.82, 2.24) is 0 Å². The molecule has 0 aromatic heterocycles. The standard InChI is InChI=1S/C22H25NO3/c1-15(2)19-12-8-9-16(3)21(19)23-22(25)17(4)26-20(24)14-13-18-10-6-5-7-11-18/h5-15,17H,1-4H3,(H,23,25)/b14-13+/t17-/m1/s1. The van der Waals surface area contributed by atoms with E-state index in [1.807, 2.05) is 55.5 Å². The Kier molecular flexibility index (Phi) is 6.73. The second-order valence-corrected chi connectivity index (χ2v) is 6.51. The number of anilines is 1. The number of rotatable bonds is 6. The van der Waals surface area contributed by atoms with E-state index < -0.39 is 12.1 Å². The lowest BCUT2D eigenvalue weighted by Crippen LogP contribution is -2.30. The summed E-state index contributed by atoms with van der Waals surface area (Å²) < 4.78 is 5.21. The van der Waals surface area contributed by atoms with E-state index >= 15 is 0 Å². The fraction of sp³-hybridized carbons (Fsp3) is 0.273. The maximum Gasteiger partial charge on any atom is 0.331 e. The second-order valence-electron chi connectivity index (χ2n) is 6.51. The predicted octanol–water partition coefficient (Wildman–Crippen LogP) is 4.70. The van der Waals surface area contributed by atoms with Gasteiger partial charge in [-0.15, -0.1) is 0 Å². The number of hydrogen-bond donors (Lipinski definition) is 1. The Hall–Kier alpha value is -2.88. The third-order valence-corrected chi connectivity index (χ3v) is 4.05. The smallest absolute Gasteiger partial charge is 0.331 e. The van der Waals surface area contributed by atoms with Gasteiger partial charge in [-0.2, -0.15) is 0 Å². The zero-order valence-electron chi connectivity index (χ0n) is 15.7. The van der Waals surface area contributed by atoms with Gasteiger partial charge in [-0.25, -0.2) is 4.79 Å². The SMILES string of the molecule is Cc1cccc(C(C)C)c1NC(=O)[C@@H](C)OC(=O)/C=C/c1ccccc1. The van der Waals surface area contributed by atoms with Crippen LogP contribution >= 0.6 is 0 Å². The topological polar surface area (TPSA) is 55.4 Å². The molecule has 4 heteroatoms. The number of nitrogens with one attached hydrogen (secondary N) is 1. The molecule has 2 aromatic rings. The van der Waals surface area contributed by atoms with Gasteiger partial charge in [0.05, 0.1) is 0 Å². The van der Waals surface area contributed by atoms with Crippen LogP contribution in [-0.2, 0) is 14.3 Å². The highest BCUT2D eigenvalue weighted by Gasteiger charge is 2.19. The molecular weight excluding hydrogens is 326 g/mol. The van der Waals surface area contributed by atoms with Crippen molar-refractivity contribution in [2.75, 3.05) is 5.32 Å². The first-order valence-electron chi connectivity index (χ1n) is 8.72. The molecule has 0 fully saturated rings. The van der Waals surface area contributed by atoms with Crippen molar-refractivity contribution in [2.45, 2.75) is 39.7 Å². The zero-order chi connectivity index (χ0) is 19.1. The van der Waals surface area contributed by atoms with Crippen molar-refractivity contribution in [3.05, 3.63) is 71.3 Å². The highest BCUT2D eigenvalue weighted by molar-refractivity contribution is 5.97. The van der Waals surface area contributed by atoms with Crippen molar-refractivity contribution in [3.8, 4) is 0 Å². The molecule has 1 N–H and O–H groups in total. The first-order chi connectivity index (χ1) is 12.4. The fourth-order valence-corrected chi connectivity index (χ4v) is 2.56. The Balaban J connectivity index is 2.00. The molecule has 136 valence electrons. The van der Waals surface area contributed by atoms with Crippen LogP contribution < -0.4 is 5.32 Å². The summed E-state index contributed by atoms with van der Waals surface area (Å²) in [5.41, 5.74) is 3.71. The molecule has 0 heterocycles. The summed E-state index contributed by atoms with van der Waals surface area (Å²) in [6.07, 6.45) is 2.10. The molecule has 2 aromatic carbocycles. The Morgan fingerprint density at radius 3 is 2.35 bits per heavy atom. The number of carbonyl (C=O) groups excluding carboxylic acids is 2. The maximum absolute atomic E-state index is 12.4. The third kappa shape index (κ3) is 5.31. The lowest BCUT2D eigenvalue weighted by molar-refractivity contribution is -0.148. The Bertz CT molecular complexity index is 794. The van der Waals surface area contributed by atoms with E-state index in [0.29, 0.717) is 0 Å². The minimum Gasteiger partial charge on any atom is -0.449 e. The number of para-hydroxylation sites is 1. The van der Waals surface area contributed by atoms with Gasteiger partial charge in [0.2, 0.25) is 0 Å². The van der Waals surface area contributed by atoms with E-state index in [-0.39, 0.29) is 11.8 Å². The first-order valence-corrected chi connectivity index (χ1v) is 8.72. The van der Waals surface area contributed by atoms with Crippen LogP contribution in [0.5, 0.6) is 0 Å². The molecule has 0 saturated carbocycles. The van der Waals surface area contributed by atoms with Gasteiger partial charge < -0.3 is 10.1 Å². The number of aryl methyl sites for hydroxylation is 1. The largest absolute Gasteiger partial charge is 0.449 e. The van der Waals surface area contributed by atoms with E-state index in [1.54, 1.807) is 13.0 Å². The summed E-state index contributed by atoms with van der Waals surface area (Å²) >= 11 is 0. The number of hydrogen-bond acceptors (Lipinski definition) is 3. The zero-order valence-corrected chi connectivity index (χ0v) is 15.7. The fourth-order valence-electron chi connectivity index (χ4n) is 2.56. The monoisotopic (exact) mass is 351 g/mol. The molecule has 26 heavy (non-hydrogen) atoms. The minimum atomic E-state index is -0.887. The van der Waals surface area contributed by atoms with Crippen LogP contribution in [0.15, 0.2) is 54.6 Å². The summed E-state index contributed by atoms with van der Waals surface area (Å²) in [6, 6.07) is 15.3. The average molecular weight is 351 g/mol. The van der Waals surface area contributed by atoms with Crippen LogP contribution in [0.4, 0.5) is 5.69 Å². The lowest BCUT2D eigenvalue weighted by Gasteiger charge is -2.18. The summed E-state index contributed by atoms with van der Waals surface area (Å²) in [5.74, 6) is -0.620. The van der Waals surface area contributed by atoms with Crippen LogP contribution in [0.2, 0.25) is 0 Å². The normalized spacial score (nSPS) is 12.2. The maximum atomic E-state index is 12.4. The summed E-state index contributed by atoms with van der Waals surface area (Å²) in [4.78, 5) is 24.4. The van der Waals surface area contributed by atoms with Crippen molar-refractivity contribution in [2.24, 2.45) is 0 Å². The van der Waals surface area contributed by atoms with E-state index in [2.05, 4.69) is 19.2 Å². The van der Waals surface area contributed by atoms with Crippen molar-refractivity contribution < 1.29 is 14.3 Å². The Morgan fingerprint density at radius 2 is 1.69 bits per heavy atom. The number of esters is 1. The molecular formula is C22H25NO3. The van der Waals surface area contributed by atoms with Gasteiger partial charge in [0.25, 0.3) is 5.91 Å². The molecule has 0 aliphatic heterocycles. The molecule has 1 atom stereocenters. The third-order valence-electron chi connectivity index (χ3n) is 4.05. The molecule has 0 aliphatic carbocycles. The average Bonchev–Trinajstić information content (AvgIpc) is 2.62. The van der Waals surface area contributed by atoms with E-state index in [9.17, 15) is 9.59 Å². The van der Waals surface area contributed by atoms with Gasteiger partial charge in [-0.1, -0.05) is 62.4 Å². The van der Waals surface area contributed by atoms with Gasteiger partial charge in [0.15, 0.2) is 6.10 Å². The van der Waals surface area contributed by atoms with Crippen LogP contribution in [0.1, 0.15) is 43.4 Å².